The Hall–Kier alpha value is -1.38. The molecule has 0 saturated carbocycles. The van der Waals surface area contributed by atoms with Gasteiger partial charge in [-0.05, 0) is 6.92 Å². The third kappa shape index (κ3) is 6.72. The Kier molecular flexibility index (Phi) is 11.4. The molecular formula is C20H20ClOTi. The van der Waals surface area contributed by atoms with Crippen LogP contribution >= 0.6 is 0 Å². The molecule has 0 aromatic heterocycles. The Bertz CT molecular complexity index is 647. The van der Waals surface area contributed by atoms with Crippen molar-refractivity contribution in [2.75, 3.05) is 6.61 Å². The van der Waals surface area contributed by atoms with E-state index in [0.29, 0.717) is 0 Å². The molecular weight excluding hydrogens is 340 g/mol. The molecule has 0 aliphatic carbocycles. The van der Waals surface area contributed by atoms with Crippen LogP contribution in [0, 0.1) is 0 Å². The monoisotopic (exact) mass is 359 g/mol. The van der Waals surface area contributed by atoms with Crippen molar-refractivity contribution in [2.24, 2.45) is 0 Å². The first kappa shape index (κ1) is 21.6. The molecule has 0 aliphatic heterocycles. The molecule has 0 amide bonds. The van der Waals surface area contributed by atoms with E-state index in [4.69, 9.17) is 5.11 Å². The minimum absolute atomic E-state index is 0. The van der Waals surface area contributed by atoms with Gasteiger partial charge >= 0.3 is 21.7 Å². The summed E-state index contributed by atoms with van der Waals surface area (Å²) in [5.74, 6) is 0. The van der Waals surface area contributed by atoms with Gasteiger partial charge in [0.25, 0.3) is 0 Å². The largest absolute Gasteiger partial charge is 3.00 e. The van der Waals surface area contributed by atoms with Gasteiger partial charge in [-0.2, -0.15) is 35.0 Å². The number of fused-ring (bicyclic) bond motifs is 2. The molecule has 1 nitrogen and oxygen atoms in total. The molecule has 0 heterocycles. The number of hydrogen-bond donors (Lipinski definition) is 1. The molecule has 0 bridgehead atoms. The summed E-state index contributed by atoms with van der Waals surface area (Å²) in [6.07, 6.45) is 0. The van der Waals surface area contributed by atoms with Gasteiger partial charge in [0.2, 0.25) is 0 Å². The second-order valence-electron chi connectivity index (χ2n) is 4.63. The molecule has 117 valence electrons. The zero-order valence-electron chi connectivity index (χ0n) is 13.1. The average molecular weight is 360 g/mol. The second-order valence-corrected chi connectivity index (χ2v) is 4.63. The summed E-state index contributed by atoms with van der Waals surface area (Å²) >= 11 is 0. The number of benzene rings is 2. The van der Waals surface area contributed by atoms with Gasteiger partial charge in [-0.3, -0.25) is 0 Å². The smallest absolute Gasteiger partial charge is 1.00 e. The van der Waals surface area contributed by atoms with Gasteiger partial charge in [0.1, 0.15) is 0 Å². The molecule has 0 aliphatic rings. The Morgan fingerprint density at radius 1 is 0.739 bits per heavy atom. The van der Waals surface area contributed by atoms with E-state index in [1.54, 1.807) is 6.92 Å². The number of aliphatic hydroxyl groups is 1. The zero-order valence-corrected chi connectivity index (χ0v) is 15.4. The van der Waals surface area contributed by atoms with Crippen molar-refractivity contribution in [3.63, 3.8) is 0 Å². The summed E-state index contributed by atoms with van der Waals surface area (Å²) in [5, 5.41) is 12.9. The van der Waals surface area contributed by atoms with Crippen LogP contribution in [0.1, 0.15) is 6.92 Å². The van der Waals surface area contributed by atoms with Crippen molar-refractivity contribution in [1.29, 1.82) is 0 Å². The van der Waals surface area contributed by atoms with E-state index in [9.17, 15) is 0 Å². The minimum atomic E-state index is 0. The van der Waals surface area contributed by atoms with Crippen LogP contribution in [-0.4, -0.2) is 11.7 Å². The molecule has 0 atom stereocenters. The van der Waals surface area contributed by atoms with E-state index in [1.165, 1.54) is 21.5 Å². The van der Waals surface area contributed by atoms with Crippen molar-refractivity contribution in [1.82, 2.24) is 0 Å². The number of hydrogen-bond acceptors (Lipinski definition) is 1. The van der Waals surface area contributed by atoms with Crippen LogP contribution in [0.5, 0.6) is 0 Å². The van der Waals surface area contributed by atoms with E-state index in [2.05, 4.69) is 84.9 Å². The van der Waals surface area contributed by atoms with E-state index in [0.717, 1.165) is 0 Å². The molecule has 3 heteroatoms. The Labute approximate surface area is 159 Å². The molecule has 23 heavy (non-hydrogen) atoms. The number of aliphatic hydroxyl groups excluding tert-OH is 1. The maximum atomic E-state index is 7.57. The first-order valence-corrected chi connectivity index (χ1v) is 7.17. The summed E-state index contributed by atoms with van der Waals surface area (Å²) in [6, 6.07) is 29.3. The fraction of sp³-hybridized carbons (Fsp3) is 0.100. The maximum absolute atomic E-state index is 7.57. The van der Waals surface area contributed by atoms with Gasteiger partial charge in [0.15, 0.2) is 0 Å². The second kappa shape index (κ2) is 12.1. The first-order valence-electron chi connectivity index (χ1n) is 7.17. The summed E-state index contributed by atoms with van der Waals surface area (Å²) in [7, 11) is 0. The third-order valence-corrected chi connectivity index (χ3v) is 3.10. The van der Waals surface area contributed by atoms with Crippen LogP contribution in [-0.2, 0) is 21.7 Å². The Balaban J connectivity index is 0.000000336. The molecule has 0 unspecified atom stereocenters. The van der Waals surface area contributed by atoms with E-state index >= 15 is 0 Å². The van der Waals surface area contributed by atoms with Gasteiger partial charge in [0.05, 0.1) is 0 Å². The van der Waals surface area contributed by atoms with Gasteiger partial charge < -0.3 is 17.5 Å². The summed E-state index contributed by atoms with van der Waals surface area (Å²) in [4.78, 5) is 0. The maximum Gasteiger partial charge on any atom is 3.00 e. The van der Waals surface area contributed by atoms with Gasteiger partial charge in [-0.25, -0.2) is 0 Å². The minimum Gasteiger partial charge on any atom is -1.00 e. The Morgan fingerprint density at radius 3 is 1.43 bits per heavy atom. The predicted octanol–water partition coefficient (Wildman–Crippen LogP) is 2.12. The topological polar surface area (TPSA) is 20.2 Å². The molecule has 0 saturated heterocycles. The third-order valence-electron chi connectivity index (χ3n) is 3.10. The fourth-order valence-electron chi connectivity index (χ4n) is 2.14. The molecule has 1 N–H and O–H groups in total. The van der Waals surface area contributed by atoms with Gasteiger partial charge in [0, 0.05) is 6.61 Å². The van der Waals surface area contributed by atoms with Crippen molar-refractivity contribution < 1.29 is 39.2 Å². The molecule has 0 spiro atoms. The Morgan fingerprint density at radius 2 is 1.09 bits per heavy atom. The first-order chi connectivity index (χ1) is 10.3. The van der Waals surface area contributed by atoms with Crippen LogP contribution < -0.4 is 12.4 Å². The summed E-state index contributed by atoms with van der Waals surface area (Å²) < 4.78 is 0. The predicted molar refractivity (Wildman–Crippen MR) is 91.8 cm³/mol. The van der Waals surface area contributed by atoms with Crippen molar-refractivity contribution in [2.45, 2.75) is 6.92 Å². The van der Waals surface area contributed by atoms with Crippen molar-refractivity contribution in [3.8, 4) is 0 Å². The van der Waals surface area contributed by atoms with E-state index in [1.807, 2.05) is 0 Å². The van der Waals surface area contributed by atoms with E-state index < -0.39 is 0 Å². The van der Waals surface area contributed by atoms with Crippen molar-refractivity contribution >= 4 is 21.5 Å². The fourth-order valence-corrected chi connectivity index (χ4v) is 2.14. The molecule has 0 fully saturated rings. The molecule has 4 aromatic carbocycles. The number of halogens is 1. The van der Waals surface area contributed by atoms with Gasteiger partial charge in [-0.15, -0.1) is 59.3 Å². The molecule has 4 rings (SSSR count). The molecule has 4 aromatic rings. The quantitative estimate of drug-likeness (QED) is 0.377. The SMILES string of the molecule is CCO.[Cl-].[Ti+3].c1ccc2[cH-]ccc2c1.c1ccc2[cH-]ccc2c1. The van der Waals surface area contributed by atoms with Gasteiger partial charge in [-0.1, -0.05) is 12.1 Å². The average Bonchev–Trinajstić information content (AvgIpc) is 3.17. The molecule has 1 radical (unpaired) electrons. The van der Waals surface area contributed by atoms with Crippen LogP contribution in [0.25, 0.3) is 21.5 Å². The van der Waals surface area contributed by atoms with Crippen LogP contribution in [0.3, 0.4) is 0 Å². The van der Waals surface area contributed by atoms with Crippen LogP contribution in [0.15, 0.2) is 84.9 Å². The standard InChI is InChI=1S/2C9H7.C2H6O.ClH.Ti/c2*1-2-5-9-7-3-6-8(9)4-1;1-2-3;;/h2*1-7H;3H,2H2,1H3;1H;/q2*-1;;;+3/p-1. The van der Waals surface area contributed by atoms with Crippen molar-refractivity contribution in [3.05, 3.63) is 84.9 Å². The van der Waals surface area contributed by atoms with Crippen LogP contribution in [0.2, 0.25) is 0 Å². The van der Waals surface area contributed by atoms with E-state index in [-0.39, 0.29) is 40.7 Å². The summed E-state index contributed by atoms with van der Waals surface area (Å²) in [5.41, 5.74) is 0. The summed E-state index contributed by atoms with van der Waals surface area (Å²) in [6.45, 7) is 1.93. The number of rotatable bonds is 0. The zero-order chi connectivity index (χ0) is 14.9. The van der Waals surface area contributed by atoms with Crippen LogP contribution in [0.4, 0.5) is 0 Å². The normalized spacial score (nSPS) is 8.78.